The van der Waals surface area contributed by atoms with Gasteiger partial charge in [-0.1, -0.05) is 30.3 Å². The Morgan fingerprint density at radius 1 is 0.422 bits per heavy atom. The summed E-state index contributed by atoms with van der Waals surface area (Å²) < 4.78 is 0. The van der Waals surface area contributed by atoms with Gasteiger partial charge in [0.2, 0.25) is 0 Å². The zero-order valence-electron chi connectivity index (χ0n) is 36.7. The van der Waals surface area contributed by atoms with Crippen molar-refractivity contribution in [2.24, 2.45) is 0 Å². The summed E-state index contributed by atoms with van der Waals surface area (Å²) in [6.07, 6.45) is 9.11. The van der Waals surface area contributed by atoms with Crippen molar-refractivity contribution < 1.29 is 0 Å². The van der Waals surface area contributed by atoms with Crippen LogP contribution in [0.1, 0.15) is 35.6 Å². The molecule has 8 rings (SSSR count). The van der Waals surface area contributed by atoms with Crippen LogP contribution in [0.4, 0.5) is 0 Å². The van der Waals surface area contributed by atoms with Gasteiger partial charge in [0.25, 0.3) is 0 Å². The summed E-state index contributed by atoms with van der Waals surface area (Å²) in [5, 5.41) is 10.3. The van der Waals surface area contributed by atoms with Crippen molar-refractivity contribution >= 4 is 90.3 Å². The monoisotopic (exact) mass is 818 g/mol. The van der Waals surface area contributed by atoms with Gasteiger partial charge in [0.15, 0.2) is 0 Å². The van der Waals surface area contributed by atoms with E-state index in [2.05, 4.69) is 198 Å². The zero-order valence-corrected chi connectivity index (χ0v) is 36.7. The van der Waals surface area contributed by atoms with E-state index in [1.165, 1.54) is 16.2 Å². The first-order valence-corrected chi connectivity index (χ1v) is 21.8. The molecule has 0 bridgehead atoms. The van der Waals surface area contributed by atoms with Crippen LogP contribution in [0.5, 0.6) is 0 Å². The summed E-state index contributed by atoms with van der Waals surface area (Å²) in [5.74, 6) is 1.97. The van der Waals surface area contributed by atoms with Crippen LogP contribution < -0.4 is 20.9 Å². The third-order valence-corrected chi connectivity index (χ3v) is 12.0. The molecule has 0 heterocycles. The van der Waals surface area contributed by atoms with E-state index < -0.39 is 0 Å². The van der Waals surface area contributed by atoms with Crippen LogP contribution in [0.15, 0.2) is 189 Å². The van der Waals surface area contributed by atoms with E-state index in [9.17, 15) is 0 Å². The first-order chi connectivity index (χ1) is 31.3. The minimum absolute atomic E-state index is 0.825. The Hall–Kier alpha value is -7.87. The van der Waals surface area contributed by atoms with Crippen LogP contribution in [-0.4, -0.2) is 13.5 Å². The van der Waals surface area contributed by atoms with Crippen LogP contribution >= 0.6 is 0 Å². The maximum atomic E-state index is 4.75. The third-order valence-electron chi connectivity index (χ3n) is 12.0. The van der Waals surface area contributed by atoms with Gasteiger partial charge in [0, 0.05) is 0 Å². The molecule has 0 radical (unpaired) electrons. The fourth-order valence-corrected chi connectivity index (χ4v) is 8.98. The Morgan fingerprint density at radius 3 is 1.38 bits per heavy atom. The molecule has 64 heavy (non-hydrogen) atoms. The van der Waals surface area contributed by atoms with Crippen molar-refractivity contribution in [3.8, 4) is 44.5 Å². The number of hydrogen-bond acceptors (Lipinski definition) is 0. The van der Waals surface area contributed by atoms with Crippen LogP contribution in [0, 0.1) is 0 Å². The van der Waals surface area contributed by atoms with Gasteiger partial charge in [-0.05, 0) is 10.8 Å². The molecule has 0 aliphatic rings. The van der Waals surface area contributed by atoms with Crippen molar-refractivity contribution in [1.82, 2.24) is 0 Å². The molecule has 0 spiro atoms. The number of rotatable bonds is 9. The molecule has 0 nitrogen and oxygen atoms in total. The normalized spacial score (nSPS) is 11.0. The minimum atomic E-state index is 0.825. The standard InChI is InChI=1S/C63H51B/c1-8-11-30-57-59(41-64)63(45(7)25-15-14-23-43(5)61(57)52-36-34-48-27-17-19-29-50(48)39-52)58-40-53(37-46(9-2)54(58)10-3)62-44(6)24-13-12-22-42(4)60(55-31-20-21-32-56(55)62)51-35-33-47-26-16-18-28-49(47)38-51/h9-41,64H,2-8H2,1H3/b22-12?,23-14?,24-13?,25-15?,30-11-,60-55?,61-57?,62-56?,63-59?. The van der Waals surface area contributed by atoms with E-state index in [0.29, 0.717) is 0 Å². The van der Waals surface area contributed by atoms with Crippen LogP contribution in [0.25, 0.3) is 121 Å². The summed E-state index contributed by atoms with van der Waals surface area (Å²) in [7, 11) is 4.51. The molecule has 0 aliphatic carbocycles. The van der Waals surface area contributed by atoms with Gasteiger partial charge in [0.1, 0.15) is 0 Å². The molecular formula is C63H51B. The van der Waals surface area contributed by atoms with E-state index in [1.807, 2.05) is 42.4 Å². The fraction of sp³-hybridized carbons (Fsp3) is 0.0317. The molecule has 0 amide bonds. The van der Waals surface area contributed by atoms with Crippen molar-refractivity contribution in [2.75, 3.05) is 0 Å². The van der Waals surface area contributed by atoms with Gasteiger partial charge in [-0.15, -0.1) is 0 Å². The molecular weight excluding hydrogens is 768 g/mol. The Morgan fingerprint density at radius 2 is 0.875 bits per heavy atom. The van der Waals surface area contributed by atoms with E-state index in [4.69, 9.17) is 13.2 Å². The van der Waals surface area contributed by atoms with Crippen LogP contribution in [0.3, 0.4) is 0 Å². The van der Waals surface area contributed by atoms with Gasteiger partial charge in [-0.3, -0.25) is 0 Å². The average Bonchev–Trinajstić information content (AvgIpc) is 3.32. The molecule has 8 aromatic carbocycles. The quantitative estimate of drug-likeness (QED) is 0.127. The predicted molar refractivity (Wildman–Crippen MR) is 288 cm³/mol. The van der Waals surface area contributed by atoms with Gasteiger partial charge < -0.3 is 0 Å². The summed E-state index contributed by atoms with van der Waals surface area (Å²) in [6, 6.07) is 59.8. The third kappa shape index (κ3) is 8.37. The van der Waals surface area contributed by atoms with Crippen molar-refractivity contribution in [1.29, 1.82) is 0 Å². The first kappa shape index (κ1) is 42.8. The van der Waals surface area contributed by atoms with Gasteiger partial charge in [-0.2, -0.15) is 0 Å². The van der Waals surface area contributed by atoms with E-state index in [1.54, 1.807) is 0 Å². The van der Waals surface area contributed by atoms with E-state index >= 15 is 0 Å². The molecule has 0 saturated carbocycles. The SMILES string of the molecule is B=Cc1c(/C=C\CC)c(-c2ccc3ccccc3c2)c(=C)ccccc(=C)c1-c1cc(-c2c(=C)ccccc(=C)c(-c3ccc4ccccc4c3)c3ccccc23)cc(C=C)c1C=C. The van der Waals surface area contributed by atoms with E-state index in [0.717, 1.165) is 110 Å². The Bertz CT molecular complexity index is 3570. The summed E-state index contributed by atoms with van der Waals surface area (Å²) >= 11 is 0. The van der Waals surface area contributed by atoms with Crippen molar-refractivity contribution in [3.05, 3.63) is 232 Å². The predicted octanol–water partition coefficient (Wildman–Crippen LogP) is 13.5. The summed E-state index contributed by atoms with van der Waals surface area (Å²) in [5.41, 5.74) is 11.9. The maximum absolute atomic E-state index is 4.75. The molecule has 0 fully saturated rings. The molecule has 8 aromatic rings. The average molecular weight is 819 g/mol. The zero-order chi connectivity index (χ0) is 44.7. The Kier molecular flexibility index (Phi) is 12.7. The van der Waals surface area contributed by atoms with Crippen LogP contribution in [0.2, 0.25) is 0 Å². The van der Waals surface area contributed by atoms with Gasteiger partial charge in [-0.25, -0.2) is 0 Å². The van der Waals surface area contributed by atoms with Crippen LogP contribution in [-0.2, 0) is 0 Å². The summed E-state index contributed by atoms with van der Waals surface area (Å²) in [6.45, 7) is 29.7. The summed E-state index contributed by atoms with van der Waals surface area (Å²) in [4.78, 5) is 0. The number of fused-ring (bicyclic) bond motifs is 3. The molecule has 0 unspecified atom stereocenters. The first-order valence-electron chi connectivity index (χ1n) is 21.8. The van der Waals surface area contributed by atoms with Gasteiger partial charge >= 0.3 is 339 Å². The second kappa shape index (κ2) is 19.0. The van der Waals surface area contributed by atoms with Crippen molar-refractivity contribution in [3.63, 3.8) is 0 Å². The second-order valence-corrected chi connectivity index (χ2v) is 16.0. The molecule has 0 saturated heterocycles. The fourth-order valence-electron chi connectivity index (χ4n) is 8.98. The molecule has 306 valence electrons. The van der Waals surface area contributed by atoms with Gasteiger partial charge in [0.05, 0.1) is 0 Å². The topological polar surface area (TPSA) is 0 Å². The second-order valence-electron chi connectivity index (χ2n) is 16.0. The number of allylic oxidation sites excluding steroid dienone is 1. The number of hydrogen-bond donors (Lipinski definition) is 0. The molecule has 1 heteroatoms. The Balaban J connectivity index is 1.54. The molecule has 0 N–H and O–H groups in total. The molecule has 0 aliphatic heterocycles. The van der Waals surface area contributed by atoms with Crippen molar-refractivity contribution in [2.45, 2.75) is 13.3 Å². The molecule has 0 aromatic heterocycles. The Labute approximate surface area is 378 Å². The molecule has 0 atom stereocenters. The van der Waals surface area contributed by atoms with E-state index in [-0.39, 0.29) is 0 Å². The number of benzene rings is 6.